The van der Waals surface area contributed by atoms with Crippen LogP contribution in [0.15, 0.2) is 54.6 Å². The zero-order chi connectivity index (χ0) is 19.3. The van der Waals surface area contributed by atoms with Crippen molar-refractivity contribution >= 4 is 29.0 Å². The fraction of sp³-hybridized carbons (Fsp3) is 0.286. The zero-order valence-electron chi connectivity index (χ0n) is 15.4. The Morgan fingerprint density at radius 1 is 1.11 bits per heavy atom. The summed E-state index contributed by atoms with van der Waals surface area (Å²) in [4.78, 5) is 14.8. The second-order valence-electron chi connectivity index (χ2n) is 7.08. The molecule has 0 radical (unpaired) electrons. The number of nitrogens with one attached hydrogen (secondary N) is 2. The monoisotopic (exact) mass is 395 g/mol. The largest absolute Gasteiger partial charge is 0.337 e. The van der Waals surface area contributed by atoms with Gasteiger partial charge in [-0.25, -0.2) is 0 Å². The van der Waals surface area contributed by atoms with Crippen molar-refractivity contribution in [3.05, 3.63) is 70.9 Å². The molecule has 0 spiro atoms. The smallest absolute Gasteiger partial charge is 0.278 e. The van der Waals surface area contributed by atoms with Gasteiger partial charge < -0.3 is 10.2 Å². The van der Waals surface area contributed by atoms with Crippen LogP contribution in [0.3, 0.4) is 0 Å². The van der Waals surface area contributed by atoms with E-state index in [4.69, 9.17) is 11.6 Å². The van der Waals surface area contributed by atoms with E-state index in [1.54, 1.807) is 12.1 Å². The first-order valence-corrected chi connectivity index (χ1v) is 9.83. The molecule has 6 nitrogen and oxygen atoms in total. The summed E-state index contributed by atoms with van der Waals surface area (Å²) >= 11 is 6.02. The summed E-state index contributed by atoms with van der Waals surface area (Å²) in [5.74, 6) is 0.919. The van der Waals surface area contributed by atoms with Crippen molar-refractivity contribution in [2.45, 2.75) is 19.3 Å². The molecule has 2 N–H and O–H groups in total. The standard InChI is InChI=1S/C21H22ClN5O/c22-17-7-4-8-18(14-17)23-20-19(24-26-25-20)21(28)27-11-9-16(10-12-27)13-15-5-2-1-3-6-15/h1-8,14,16H,9-13H2,(H2,23,24,25,26). The molecule has 2 aromatic carbocycles. The topological polar surface area (TPSA) is 73.9 Å². The van der Waals surface area contributed by atoms with Crippen LogP contribution >= 0.6 is 11.6 Å². The van der Waals surface area contributed by atoms with Crippen molar-refractivity contribution < 1.29 is 4.79 Å². The van der Waals surface area contributed by atoms with Gasteiger partial charge in [0.1, 0.15) is 0 Å². The quantitative estimate of drug-likeness (QED) is 0.675. The Hall–Kier alpha value is -2.86. The molecule has 3 aromatic rings. The molecule has 0 saturated carbocycles. The number of nitrogens with zero attached hydrogens (tertiary/aromatic N) is 3. The highest BCUT2D eigenvalue weighted by molar-refractivity contribution is 6.30. The van der Waals surface area contributed by atoms with Gasteiger partial charge in [0.2, 0.25) is 0 Å². The zero-order valence-corrected chi connectivity index (χ0v) is 16.2. The summed E-state index contributed by atoms with van der Waals surface area (Å²) in [6.07, 6.45) is 3.06. The number of aromatic amines is 1. The number of halogens is 1. The third-order valence-electron chi connectivity index (χ3n) is 5.11. The Morgan fingerprint density at radius 2 is 1.89 bits per heavy atom. The van der Waals surface area contributed by atoms with Crippen LogP contribution in [0.4, 0.5) is 11.5 Å². The number of likely N-dealkylation sites (tertiary alicyclic amines) is 1. The van der Waals surface area contributed by atoms with Gasteiger partial charge in [-0.1, -0.05) is 48.0 Å². The van der Waals surface area contributed by atoms with Crippen LogP contribution in [-0.4, -0.2) is 39.3 Å². The Labute approximate surface area is 168 Å². The van der Waals surface area contributed by atoms with Crippen molar-refractivity contribution in [3.8, 4) is 0 Å². The molecule has 0 aliphatic carbocycles. The fourth-order valence-electron chi connectivity index (χ4n) is 3.61. The van der Waals surface area contributed by atoms with Crippen LogP contribution in [0.2, 0.25) is 5.02 Å². The van der Waals surface area contributed by atoms with Gasteiger partial charge in [0.15, 0.2) is 11.5 Å². The van der Waals surface area contributed by atoms with Crippen LogP contribution in [0, 0.1) is 5.92 Å². The van der Waals surface area contributed by atoms with E-state index in [1.807, 2.05) is 23.1 Å². The molecule has 1 amide bonds. The number of aromatic nitrogens is 3. The molecule has 144 valence electrons. The Balaban J connectivity index is 1.37. The van der Waals surface area contributed by atoms with Crippen LogP contribution < -0.4 is 5.32 Å². The van der Waals surface area contributed by atoms with E-state index in [1.165, 1.54) is 5.56 Å². The van der Waals surface area contributed by atoms with Crippen molar-refractivity contribution in [1.82, 2.24) is 20.3 Å². The van der Waals surface area contributed by atoms with Crippen LogP contribution in [0.25, 0.3) is 0 Å². The third kappa shape index (κ3) is 4.34. The highest BCUT2D eigenvalue weighted by atomic mass is 35.5. The fourth-order valence-corrected chi connectivity index (χ4v) is 3.80. The van der Waals surface area contributed by atoms with Gasteiger partial charge in [-0.05, 0) is 48.9 Å². The summed E-state index contributed by atoms with van der Waals surface area (Å²) in [6.45, 7) is 1.47. The summed E-state index contributed by atoms with van der Waals surface area (Å²) in [7, 11) is 0. The number of hydrogen-bond donors (Lipinski definition) is 2. The second-order valence-corrected chi connectivity index (χ2v) is 7.52. The molecular formula is C21H22ClN5O. The summed E-state index contributed by atoms with van der Waals surface area (Å²) in [6, 6.07) is 17.8. The predicted octanol–water partition coefficient (Wildman–Crippen LogP) is 4.30. The summed E-state index contributed by atoms with van der Waals surface area (Å²) in [5.41, 5.74) is 2.43. The molecule has 1 aliphatic rings. The van der Waals surface area contributed by atoms with Crippen molar-refractivity contribution in [2.24, 2.45) is 5.92 Å². The molecule has 2 heterocycles. The Bertz CT molecular complexity index is 935. The number of carbonyl (C=O) groups excluding carboxylic acids is 1. The second kappa shape index (κ2) is 8.44. The van der Waals surface area contributed by atoms with Gasteiger partial charge in [-0.15, -0.1) is 10.2 Å². The van der Waals surface area contributed by atoms with Crippen molar-refractivity contribution in [3.63, 3.8) is 0 Å². The molecule has 1 aromatic heterocycles. The van der Waals surface area contributed by atoms with Crippen LogP contribution in [0.5, 0.6) is 0 Å². The minimum atomic E-state index is -0.101. The van der Waals surface area contributed by atoms with Gasteiger partial charge >= 0.3 is 0 Å². The molecule has 0 atom stereocenters. The highest BCUT2D eigenvalue weighted by Crippen LogP contribution is 2.25. The number of hydrogen-bond acceptors (Lipinski definition) is 4. The lowest BCUT2D eigenvalue weighted by atomic mass is 9.90. The van der Waals surface area contributed by atoms with E-state index in [-0.39, 0.29) is 5.91 Å². The molecule has 1 fully saturated rings. The maximum atomic E-state index is 12.9. The van der Waals surface area contributed by atoms with Gasteiger partial charge in [0.05, 0.1) is 0 Å². The molecule has 1 aliphatic heterocycles. The molecule has 0 unspecified atom stereocenters. The minimum Gasteiger partial charge on any atom is -0.337 e. The van der Waals surface area contributed by atoms with Gasteiger partial charge in [0, 0.05) is 23.8 Å². The van der Waals surface area contributed by atoms with E-state index >= 15 is 0 Å². The number of rotatable bonds is 5. The van der Waals surface area contributed by atoms with E-state index in [0.29, 0.717) is 22.5 Å². The molecule has 1 saturated heterocycles. The third-order valence-corrected chi connectivity index (χ3v) is 5.34. The first kappa shape index (κ1) is 18.5. The maximum Gasteiger partial charge on any atom is 0.278 e. The number of anilines is 2. The molecule has 0 bridgehead atoms. The van der Waals surface area contributed by atoms with Crippen LogP contribution in [-0.2, 0) is 6.42 Å². The Morgan fingerprint density at radius 3 is 2.64 bits per heavy atom. The van der Waals surface area contributed by atoms with Gasteiger partial charge in [-0.3, -0.25) is 4.79 Å². The normalized spacial score (nSPS) is 14.8. The molecule has 28 heavy (non-hydrogen) atoms. The number of benzene rings is 2. The van der Waals surface area contributed by atoms with Crippen LogP contribution in [0.1, 0.15) is 28.9 Å². The van der Waals surface area contributed by atoms with Gasteiger partial charge in [-0.2, -0.15) is 5.21 Å². The predicted molar refractivity (Wildman–Crippen MR) is 110 cm³/mol. The number of H-pyrrole nitrogens is 1. The van der Waals surface area contributed by atoms with Crippen molar-refractivity contribution in [1.29, 1.82) is 0 Å². The number of amides is 1. The first-order chi connectivity index (χ1) is 13.7. The number of piperidine rings is 1. The molecule has 7 heteroatoms. The summed E-state index contributed by atoms with van der Waals surface area (Å²) < 4.78 is 0. The molecule has 4 rings (SSSR count). The lowest BCUT2D eigenvalue weighted by Gasteiger charge is -2.31. The lowest BCUT2D eigenvalue weighted by molar-refractivity contribution is 0.0685. The van der Waals surface area contributed by atoms with Crippen molar-refractivity contribution in [2.75, 3.05) is 18.4 Å². The average molecular weight is 396 g/mol. The highest BCUT2D eigenvalue weighted by Gasteiger charge is 2.27. The number of carbonyl (C=O) groups is 1. The molecular weight excluding hydrogens is 374 g/mol. The van der Waals surface area contributed by atoms with E-state index in [0.717, 1.165) is 38.0 Å². The summed E-state index contributed by atoms with van der Waals surface area (Å²) in [5, 5.41) is 14.4. The minimum absolute atomic E-state index is 0.101. The Kier molecular flexibility index (Phi) is 5.58. The SMILES string of the molecule is O=C(c1n[nH]nc1Nc1cccc(Cl)c1)N1CCC(Cc2ccccc2)CC1. The first-order valence-electron chi connectivity index (χ1n) is 9.45. The van der Waals surface area contributed by atoms with E-state index < -0.39 is 0 Å². The van der Waals surface area contributed by atoms with E-state index in [9.17, 15) is 4.79 Å². The lowest BCUT2D eigenvalue weighted by Crippen LogP contribution is -2.39. The maximum absolute atomic E-state index is 12.9. The average Bonchev–Trinajstić information content (AvgIpc) is 3.17. The van der Waals surface area contributed by atoms with Gasteiger partial charge in [0.25, 0.3) is 5.91 Å². The van der Waals surface area contributed by atoms with E-state index in [2.05, 4.69) is 45.0 Å².